The molecule has 1 N–H and O–H groups in total. The van der Waals surface area contributed by atoms with Gasteiger partial charge in [-0.25, -0.2) is 0 Å². The molecule has 30 heavy (non-hydrogen) atoms. The second kappa shape index (κ2) is 9.84. The van der Waals surface area contributed by atoms with E-state index in [9.17, 15) is 9.59 Å². The lowest BCUT2D eigenvalue weighted by Gasteiger charge is -2.15. The smallest absolute Gasteiger partial charge is 0.278 e. The third kappa shape index (κ3) is 4.81. The number of carbonyl (C=O) groups is 2. The van der Waals surface area contributed by atoms with Crippen LogP contribution in [0.5, 0.6) is 0 Å². The lowest BCUT2D eigenvalue weighted by molar-refractivity contribution is -0.137. The van der Waals surface area contributed by atoms with Crippen molar-refractivity contribution in [2.75, 3.05) is 25.1 Å². The number of imide groups is 1. The highest BCUT2D eigenvalue weighted by Crippen LogP contribution is 2.35. The molecule has 2 aromatic carbocycles. The molecule has 1 heterocycles. The molecule has 8 heteroatoms. The Kier molecular flexibility index (Phi) is 7.42. The largest absolute Gasteiger partial charge is 0.382 e. The van der Waals surface area contributed by atoms with E-state index in [1.54, 1.807) is 30.3 Å². The highest BCUT2D eigenvalue weighted by atomic mass is 35.5. The molecule has 0 bridgehead atoms. The Balaban J connectivity index is 2.00. The van der Waals surface area contributed by atoms with Crippen LogP contribution in [0.25, 0.3) is 5.57 Å². The van der Waals surface area contributed by atoms with E-state index >= 15 is 0 Å². The van der Waals surface area contributed by atoms with Crippen molar-refractivity contribution in [2.45, 2.75) is 20.3 Å². The second-order valence-corrected chi connectivity index (χ2v) is 8.03. The van der Waals surface area contributed by atoms with Crippen molar-refractivity contribution < 1.29 is 14.3 Å². The standard InChI is InChI=1S/C22H21Cl3N2O3/c1-3-30-10-4-9-27-21(28)19(16-8-6-14(23)11-18(16)25)20(22(27)29)26-15-7-5-13(2)17(24)12-15/h5-8,11-12,26H,3-4,9-10H2,1-2H3. The minimum atomic E-state index is -0.422. The predicted molar refractivity (Wildman–Crippen MR) is 121 cm³/mol. The summed E-state index contributed by atoms with van der Waals surface area (Å²) in [4.78, 5) is 27.5. The lowest BCUT2D eigenvalue weighted by atomic mass is 10.0. The van der Waals surface area contributed by atoms with Gasteiger partial charge in [-0.1, -0.05) is 46.9 Å². The summed E-state index contributed by atoms with van der Waals surface area (Å²) < 4.78 is 5.33. The zero-order chi connectivity index (χ0) is 21.8. The van der Waals surface area contributed by atoms with Crippen molar-refractivity contribution in [2.24, 2.45) is 0 Å². The summed E-state index contributed by atoms with van der Waals surface area (Å²) in [5.41, 5.74) is 2.30. The van der Waals surface area contributed by atoms with Gasteiger partial charge in [-0.2, -0.15) is 0 Å². The normalized spacial score (nSPS) is 14.1. The molecule has 0 atom stereocenters. The van der Waals surface area contributed by atoms with Gasteiger partial charge in [0.05, 0.1) is 10.6 Å². The summed E-state index contributed by atoms with van der Waals surface area (Å²) in [6.07, 6.45) is 0.538. The van der Waals surface area contributed by atoms with Crippen LogP contribution in [0.15, 0.2) is 42.1 Å². The maximum atomic E-state index is 13.2. The molecule has 1 aliphatic rings. The molecule has 0 spiro atoms. The maximum absolute atomic E-state index is 13.2. The fraction of sp³-hybridized carbons (Fsp3) is 0.273. The third-order valence-electron chi connectivity index (χ3n) is 4.68. The quantitative estimate of drug-likeness (QED) is 0.407. The lowest BCUT2D eigenvalue weighted by Crippen LogP contribution is -2.34. The average molecular weight is 468 g/mol. The van der Waals surface area contributed by atoms with Crippen LogP contribution in [0.4, 0.5) is 5.69 Å². The Bertz CT molecular complexity index is 1020. The summed E-state index contributed by atoms with van der Waals surface area (Å²) in [5, 5.41) is 4.35. The molecule has 0 saturated carbocycles. The first kappa shape index (κ1) is 22.6. The van der Waals surface area contributed by atoms with Crippen molar-refractivity contribution in [3.8, 4) is 0 Å². The SMILES string of the molecule is CCOCCCN1C(=O)C(Nc2ccc(C)c(Cl)c2)=C(c2ccc(Cl)cc2Cl)C1=O. The fourth-order valence-corrected chi connectivity index (χ4v) is 3.80. The minimum Gasteiger partial charge on any atom is -0.382 e. The summed E-state index contributed by atoms with van der Waals surface area (Å²) in [7, 11) is 0. The van der Waals surface area contributed by atoms with Gasteiger partial charge >= 0.3 is 0 Å². The van der Waals surface area contributed by atoms with E-state index in [0.29, 0.717) is 40.9 Å². The van der Waals surface area contributed by atoms with E-state index in [-0.39, 0.29) is 22.8 Å². The number of benzene rings is 2. The van der Waals surface area contributed by atoms with Gasteiger partial charge < -0.3 is 10.1 Å². The van der Waals surface area contributed by atoms with Crippen LogP contribution in [-0.4, -0.2) is 36.5 Å². The number of halogens is 3. The van der Waals surface area contributed by atoms with Crippen LogP contribution in [0.3, 0.4) is 0 Å². The number of hydrogen-bond acceptors (Lipinski definition) is 4. The van der Waals surface area contributed by atoms with E-state index in [1.165, 1.54) is 4.90 Å². The number of rotatable bonds is 8. The van der Waals surface area contributed by atoms with Crippen molar-refractivity contribution in [3.63, 3.8) is 0 Å². The van der Waals surface area contributed by atoms with Gasteiger partial charge in [0.15, 0.2) is 0 Å². The summed E-state index contributed by atoms with van der Waals surface area (Å²) in [5.74, 6) is -0.837. The molecule has 3 rings (SSSR count). The summed E-state index contributed by atoms with van der Waals surface area (Å²) >= 11 is 18.6. The fourth-order valence-electron chi connectivity index (χ4n) is 3.12. The van der Waals surface area contributed by atoms with Gasteiger partial charge in [-0.15, -0.1) is 0 Å². The molecule has 1 aliphatic heterocycles. The van der Waals surface area contributed by atoms with Crippen LogP contribution in [0, 0.1) is 6.92 Å². The maximum Gasteiger partial charge on any atom is 0.278 e. The molecule has 2 aromatic rings. The monoisotopic (exact) mass is 466 g/mol. The molecule has 0 unspecified atom stereocenters. The van der Waals surface area contributed by atoms with Gasteiger partial charge in [0.1, 0.15) is 5.70 Å². The van der Waals surface area contributed by atoms with Gasteiger partial charge in [-0.3, -0.25) is 14.5 Å². The Morgan fingerprint density at radius 3 is 2.43 bits per heavy atom. The number of ether oxygens (including phenoxy) is 1. The molecular weight excluding hydrogens is 447 g/mol. The van der Waals surface area contributed by atoms with Gasteiger partial charge in [0.2, 0.25) is 0 Å². The topological polar surface area (TPSA) is 58.6 Å². The minimum absolute atomic E-state index is 0.153. The molecule has 0 fully saturated rings. The van der Waals surface area contributed by atoms with Crippen LogP contribution >= 0.6 is 34.8 Å². The van der Waals surface area contributed by atoms with Crippen LogP contribution in [0.2, 0.25) is 15.1 Å². The zero-order valence-corrected chi connectivity index (χ0v) is 18.9. The van der Waals surface area contributed by atoms with E-state index in [2.05, 4.69) is 5.32 Å². The Morgan fingerprint density at radius 1 is 1.00 bits per heavy atom. The second-order valence-electron chi connectivity index (χ2n) is 6.78. The van der Waals surface area contributed by atoms with E-state index in [1.807, 2.05) is 19.9 Å². The van der Waals surface area contributed by atoms with E-state index < -0.39 is 11.8 Å². The molecule has 0 aromatic heterocycles. The first-order valence-electron chi connectivity index (χ1n) is 9.50. The number of carbonyl (C=O) groups excluding carboxylic acids is 2. The van der Waals surface area contributed by atoms with Crippen molar-refractivity contribution in [1.82, 2.24) is 4.90 Å². The highest BCUT2D eigenvalue weighted by molar-refractivity contribution is 6.41. The van der Waals surface area contributed by atoms with Crippen molar-refractivity contribution in [3.05, 3.63) is 68.3 Å². The van der Waals surface area contributed by atoms with Crippen LogP contribution in [0.1, 0.15) is 24.5 Å². The van der Waals surface area contributed by atoms with Crippen molar-refractivity contribution >= 4 is 57.9 Å². The summed E-state index contributed by atoms with van der Waals surface area (Å²) in [6, 6.07) is 10.2. The van der Waals surface area contributed by atoms with Gasteiger partial charge in [0.25, 0.3) is 11.8 Å². The number of anilines is 1. The predicted octanol–water partition coefficient (Wildman–Crippen LogP) is 5.57. The van der Waals surface area contributed by atoms with Crippen molar-refractivity contribution in [1.29, 1.82) is 0 Å². The molecule has 0 radical (unpaired) electrons. The van der Waals surface area contributed by atoms with E-state index in [4.69, 9.17) is 39.5 Å². The number of hydrogen-bond donors (Lipinski definition) is 1. The van der Waals surface area contributed by atoms with Crippen LogP contribution < -0.4 is 5.32 Å². The zero-order valence-electron chi connectivity index (χ0n) is 16.6. The molecule has 0 saturated heterocycles. The number of nitrogens with one attached hydrogen (secondary N) is 1. The number of amides is 2. The molecule has 158 valence electrons. The van der Waals surface area contributed by atoms with E-state index in [0.717, 1.165) is 5.56 Å². The number of aryl methyl sites for hydroxylation is 1. The summed E-state index contributed by atoms with van der Waals surface area (Å²) in [6.45, 7) is 5.05. The third-order valence-corrected chi connectivity index (χ3v) is 5.64. The first-order chi connectivity index (χ1) is 14.3. The Labute approximate surface area is 190 Å². The van der Waals surface area contributed by atoms with Gasteiger partial charge in [-0.05, 0) is 50.1 Å². The Hall–Kier alpha value is -2.05. The number of nitrogens with zero attached hydrogens (tertiary/aromatic N) is 1. The molecular formula is C22H21Cl3N2O3. The first-order valence-corrected chi connectivity index (χ1v) is 10.6. The van der Waals surface area contributed by atoms with Gasteiger partial charge in [0, 0.05) is 41.1 Å². The molecule has 5 nitrogen and oxygen atoms in total. The Morgan fingerprint density at radius 2 is 1.77 bits per heavy atom. The molecule has 0 aliphatic carbocycles. The van der Waals surface area contributed by atoms with Crippen LogP contribution in [-0.2, 0) is 14.3 Å². The highest BCUT2D eigenvalue weighted by Gasteiger charge is 2.39. The average Bonchev–Trinajstić information content (AvgIpc) is 2.92. The molecule has 2 amide bonds.